The number of carbonyl (C=O) groups excluding carboxylic acids is 4. The summed E-state index contributed by atoms with van der Waals surface area (Å²) in [6, 6.07) is 12.9. The lowest BCUT2D eigenvalue weighted by Gasteiger charge is -2.37. The highest BCUT2D eigenvalue weighted by Crippen LogP contribution is 2.65. The van der Waals surface area contributed by atoms with Crippen molar-refractivity contribution in [2.45, 2.75) is 6.42 Å². The molecule has 2 saturated carbocycles. The van der Waals surface area contributed by atoms with Gasteiger partial charge in [-0.1, -0.05) is 12.2 Å². The maximum atomic E-state index is 13.2. The number of methoxy groups -OCH3 is 1. The van der Waals surface area contributed by atoms with E-state index in [1.54, 1.807) is 48.5 Å². The number of nitrogens with zero attached hydrogens (tertiary/aromatic N) is 1. The van der Waals surface area contributed by atoms with Gasteiger partial charge in [-0.2, -0.15) is 0 Å². The molecule has 0 aromatic heterocycles. The molecule has 3 amide bonds. The Labute approximate surface area is 190 Å². The Kier molecular flexibility index (Phi) is 4.30. The van der Waals surface area contributed by atoms with Gasteiger partial charge in [0.1, 0.15) is 0 Å². The number of carbonyl (C=O) groups is 4. The van der Waals surface area contributed by atoms with Gasteiger partial charge < -0.3 is 10.1 Å². The summed E-state index contributed by atoms with van der Waals surface area (Å²) in [5.74, 6) is -0.00676. The van der Waals surface area contributed by atoms with Gasteiger partial charge in [0, 0.05) is 11.3 Å². The van der Waals surface area contributed by atoms with Crippen LogP contribution in [0.25, 0.3) is 0 Å². The van der Waals surface area contributed by atoms with Crippen LogP contribution in [-0.2, 0) is 14.3 Å². The molecule has 7 rings (SSSR count). The van der Waals surface area contributed by atoms with Gasteiger partial charge in [-0.3, -0.25) is 19.3 Å². The molecular formula is C26H22N2O5. The number of amides is 3. The Bertz CT molecular complexity index is 1180. The molecular weight excluding hydrogens is 420 g/mol. The minimum atomic E-state index is -0.449. The van der Waals surface area contributed by atoms with E-state index in [-0.39, 0.29) is 41.4 Å². The molecule has 1 N–H and O–H groups in total. The average Bonchev–Trinajstić information content (AvgIpc) is 3.62. The van der Waals surface area contributed by atoms with Crippen LogP contribution < -0.4 is 10.2 Å². The summed E-state index contributed by atoms with van der Waals surface area (Å²) in [6.45, 7) is 0. The van der Waals surface area contributed by atoms with Crippen molar-refractivity contribution in [1.82, 2.24) is 0 Å². The molecule has 1 saturated heterocycles. The lowest BCUT2D eigenvalue weighted by molar-refractivity contribution is -0.124. The second kappa shape index (κ2) is 7.13. The summed E-state index contributed by atoms with van der Waals surface area (Å²) in [5, 5.41) is 2.77. The molecule has 3 fully saturated rings. The van der Waals surface area contributed by atoms with Crippen molar-refractivity contribution in [3.8, 4) is 0 Å². The fourth-order valence-corrected chi connectivity index (χ4v) is 5.98. The highest BCUT2D eigenvalue weighted by molar-refractivity contribution is 6.22. The highest BCUT2D eigenvalue weighted by Gasteiger charge is 2.67. The lowest BCUT2D eigenvalue weighted by Crippen LogP contribution is -2.40. The molecule has 1 aliphatic heterocycles. The summed E-state index contributed by atoms with van der Waals surface area (Å²) < 4.78 is 4.67. The van der Waals surface area contributed by atoms with Crippen molar-refractivity contribution in [2.24, 2.45) is 35.5 Å². The summed E-state index contributed by atoms with van der Waals surface area (Å²) in [6.07, 6.45) is 5.44. The number of hydrogen-bond donors (Lipinski definition) is 1. The Morgan fingerprint density at radius 1 is 0.848 bits per heavy atom. The first-order valence-corrected chi connectivity index (χ1v) is 11.1. The first-order chi connectivity index (χ1) is 16.0. The number of allylic oxidation sites excluding steroid dienone is 2. The van der Waals surface area contributed by atoms with Gasteiger partial charge >= 0.3 is 5.97 Å². The zero-order valence-corrected chi connectivity index (χ0v) is 17.9. The third-order valence-electron chi connectivity index (χ3n) is 7.61. The number of benzene rings is 2. The minimum Gasteiger partial charge on any atom is -0.465 e. The normalized spacial score (nSPS) is 30.6. The van der Waals surface area contributed by atoms with Crippen LogP contribution in [0.4, 0.5) is 11.4 Å². The van der Waals surface area contributed by atoms with Crippen molar-refractivity contribution in [2.75, 3.05) is 17.3 Å². The first-order valence-electron chi connectivity index (χ1n) is 11.1. The number of anilines is 2. The topological polar surface area (TPSA) is 92.8 Å². The molecule has 33 heavy (non-hydrogen) atoms. The van der Waals surface area contributed by atoms with Gasteiger partial charge in [0.2, 0.25) is 11.8 Å². The van der Waals surface area contributed by atoms with E-state index in [1.165, 1.54) is 12.0 Å². The van der Waals surface area contributed by atoms with Gasteiger partial charge in [0.05, 0.1) is 30.2 Å². The Morgan fingerprint density at radius 2 is 1.39 bits per heavy atom. The van der Waals surface area contributed by atoms with Crippen LogP contribution in [0.2, 0.25) is 0 Å². The van der Waals surface area contributed by atoms with E-state index >= 15 is 0 Å². The minimum absolute atomic E-state index is 0.113. The van der Waals surface area contributed by atoms with Crippen LogP contribution in [0, 0.1) is 35.5 Å². The molecule has 0 spiro atoms. The van der Waals surface area contributed by atoms with Gasteiger partial charge in [0.15, 0.2) is 0 Å². The zero-order chi connectivity index (χ0) is 22.9. The average molecular weight is 442 g/mol. The fraction of sp³-hybridized carbons (Fsp3) is 0.308. The molecule has 1 heterocycles. The van der Waals surface area contributed by atoms with Gasteiger partial charge in [-0.05, 0) is 78.6 Å². The number of imide groups is 1. The van der Waals surface area contributed by atoms with Crippen LogP contribution >= 0.6 is 0 Å². The van der Waals surface area contributed by atoms with Crippen molar-refractivity contribution in [3.63, 3.8) is 0 Å². The summed E-state index contributed by atoms with van der Waals surface area (Å²) in [4.78, 5) is 51.9. The lowest BCUT2D eigenvalue weighted by atomic mass is 9.63. The van der Waals surface area contributed by atoms with Crippen LogP contribution in [-0.4, -0.2) is 30.8 Å². The Balaban J connectivity index is 1.18. The van der Waals surface area contributed by atoms with E-state index in [4.69, 9.17) is 0 Å². The summed E-state index contributed by atoms with van der Waals surface area (Å²) >= 11 is 0. The molecule has 2 aromatic carbocycles. The molecule has 7 nitrogen and oxygen atoms in total. The van der Waals surface area contributed by atoms with Gasteiger partial charge in [0.25, 0.3) is 5.91 Å². The number of nitrogens with one attached hydrogen (secondary N) is 1. The van der Waals surface area contributed by atoms with Crippen LogP contribution in [0.1, 0.15) is 27.1 Å². The van der Waals surface area contributed by atoms with Gasteiger partial charge in [-0.25, -0.2) is 4.79 Å². The number of rotatable bonds is 4. The van der Waals surface area contributed by atoms with E-state index in [0.29, 0.717) is 34.3 Å². The summed E-state index contributed by atoms with van der Waals surface area (Å²) in [7, 11) is 1.31. The van der Waals surface area contributed by atoms with Gasteiger partial charge in [-0.15, -0.1) is 0 Å². The van der Waals surface area contributed by atoms with Crippen LogP contribution in [0.5, 0.6) is 0 Å². The van der Waals surface area contributed by atoms with E-state index in [2.05, 4.69) is 22.2 Å². The van der Waals surface area contributed by atoms with E-state index in [1.807, 2.05) is 0 Å². The third kappa shape index (κ3) is 2.95. The zero-order valence-electron chi connectivity index (χ0n) is 17.9. The second-order valence-corrected chi connectivity index (χ2v) is 9.24. The molecule has 2 aromatic rings. The molecule has 2 bridgehead atoms. The quantitative estimate of drug-likeness (QED) is 0.446. The van der Waals surface area contributed by atoms with Crippen molar-refractivity contribution >= 4 is 35.1 Å². The summed E-state index contributed by atoms with van der Waals surface area (Å²) in [5.41, 5.74) is 1.83. The predicted octanol–water partition coefficient (Wildman–Crippen LogP) is 3.28. The molecule has 7 heteroatoms. The SMILES string of the molecule is COC(=O)c1ccc(NC(=O)c2ccc(N3C(=O)[C@@H]4[C@H]5C=C[C@@H]([C@@H]6C[C@@H]56)[C@H]4C3=O)cc2)cc1. The number of hydrogen-bond acceptors (Lipinski definition) is 5. The molecule has 4 aliphatic carbocycles. The van der Waals surface area contributed by atoms with E-state index < -0.39 is 5.97 Å². The number of esters is 1. The fourth-order valence-electron chi connectivity index (χ4n) is 5.98. The highest BCUT2D eigenvalue weighted by atomic mass is 16.5. The molecule has 0 unspecified atom stereocenters. The maximum Gasteiger partial charge on any atom is 0.337 e. The third-order valence-corrected chi connectivity index (χ3v) is 7.61. The smallest absolute Gasteiger partial charge is 0.337 e. The largest absolute Gasteiger partial charge is 0.465 e. The number of ether oxygens (including phenoxy) is 1. The van der Waals surface area contributed by atoms with Crippen LogP contribution in [0.15, 0.2) is 60.7 Å². The molecule has 166 valence electrons. The second-order valence-electron chi connectivity index (χ2n) is 9.24. The van der Waals surface area contributed by atoms with E-state index in [0.717, 1.165) is 6.42 Å². The molecule has 0 radical (unpaired) electrons. The Morgan fingerprint density at radius 3 is 1.94 bits per heavy atom. The maximum absolute atomic E-state index is 13.2. The van der Waals surface area contributed by atoms with Crippen molar-refractivity contribution < 1.29 is 23.9 Å². The predicted molar refractivity (Wildman–Crippen MR) is 119 cm³/mol. The molecule has 5 aliphatic rings. The van der Waals surface area contributed by atoms with E-state index in [9.17, 15) is 19.2 Å². The first kappa shape index (κ1) is 19.9. The molecule has 6 atom stereocenters. The van der Waals surface area contributed by atoms with Crippen molar-refractivity contribution in [1.29, 1.82) is 0 Å². The standard InChI is InChI=1S/C26H22N2O5/c1-33-26(32)14-2-6-15(7-3-14)27-23(29)13-4-8-16(9-5-13)28-24(30)21-17-10-11-18(20-12-19(17)20)22(21)25(28)31/h2-11,17-22H,12H2,1H3,(H,27,29)/t17-,18-,19-,20-,21+,22+/m0/s1. The van der Waals surface area contributed by atoms with Crippen molar-refractivity contribution in [3.05, 3.63) is 71.8 Å². The Hall–Kier alpha value is -3.74. The monoisotopic (exact) mass is 442 g/mol. The van der Waals surface area contributed by atoms with Crippen LogP contribution in [0.3, 0.4) is 0 Å².